The van der Waals surface area contributed by atoms with Crippen molar-refractivity contribution in [1.82, 2.24) is 20.2 Å². The van der Waals surface area contributed by atoms with Gasteiger partial charge >= 0.3 is 0 Å². The predicted octanol–water partition coefficient (Wildman–Crippen LogP) is 1.97. The lowest BCUT2D eigenvalue weighted by molar-refractivity contribution is 0.472. The molecule has 25 heavy (non-hydrogen) atoms. The van der Waals surface area contributed by atoms with E-state index >= 15 is 0 Å². The molecule has 0 radical (unpaired) electrons. The minimum Gasteiger partial charge on any atom is -0.505 e. The second kappa shape index (κ2) is 6.72. The van der Waals surface area contributed by atoms with Crippen molar-refractivity contribution in [3.8, 4) is 17.0 Å². The molecule has 1 fully saturated rings. The first-order valence-electron chi connectivity index (χ1n) is 8.20. The number of hydrogen-bond acceptors (Lipinski definition) is 7. The molecule has 0 amide bonds. The molecule has 1 aliphatic rings. The van der Waals surface area contributed by atoms with E-state index in [0.717, 1.165) is 37.7 Å². The third-order valence-corrected chi connectivity index (χ3v) is 4.25. The van der Waals surface area contributed by atoms with E-state index in [1.165, 1.54) is 0 Å². The monoisotopic (exact) mass is 334 g/mol. The molecule has 0 unspecified atom stereocenters. The van der Waals surface area contributed by atoms with Crippen LogP contribution in [0.5, 0.6) is 5.75 Å². The number of anilines is 2. The number of nitrogens with zero attached hydrogens (tertiary/aromatic N) is 6. The Balaban J connectivity index is 1.48. The molecule has 7 heteroatoms. The van der Waals surface area contributed by atoms with Crippen molar-refractivity contribution in [1.29, 1.82) is 0 Å². The van der Waals surface area contributed by atoms with Gasteiger partial charge in [-0.15, -0.1) is 10.2 Å². The Morgan fingerprint density at radius 2 is 1.48 bits per heavy atom. The molecular formula is C18H18N6O. The second-order valence-electron chi connectivity index (χ2n) is 5.83. The summed E-state index contributed by atoms with van der Waals surface area (Å²) in [7, 11) is 0. The maximum atomic E-state index is 10.3. The molecule has 0 spiro atoms. The fourth-order valence-corrected chi connectivity index (χ4v) is 2.92. The van der Waals surface area contributed by atoms with Crippen molar-refractivity contribution in [3.63, 3.8) is 0 Å². The van der Waals surface area contributed by atoms with Crippen molar-refractivity contribution < 1.29 is 5.11 Å². The first-order chi connectivity index (χ1) is 12.3. The second-order valence-corrected chi connectivity index (χ2v) is 5.83. The van der Waals surface area contributed by atoms with Gasteiger partial charge in [0, 0.05) is 50.2 Å². The molecule has 3 heterocycles. The van der Waals surface area contributed by atoms with Crippen LogP contribution >= 0.6 is 0 Å². The minimum atomic E-state index is 0.144. The van der Waals surface area contributed by atoms with Gasteiger partial charge in [-0.2, -0.15) is 0 Å². The van der Waals surface area contributed by atoms with Crippen LogP contribution in [0.15, 0.2) is 54.9 Å². The average Bonchev–Trinajstić information content (AvgIpc) is 2.69. The normalized spacial score (nSPS) is 14.6. The van der Waals surface area contributed by atoms with E-state index in [0.29, 0.717) is 11.5 Å². The summed E-state index contributed by atoms with van der Waals surface area (Å²) in [6.45, 7) is 3.15. The smallest absolute Gasteiger partial charge is 0.225 e. The van der Waals surface area contributed by atoms with Crippen molar-refractivity contribution in [2.75, 3.05) is 36.0 Å². The maximum Gasteiger partial charge on any atom is 0.225 e. The van der Waals surface area contributed by atoms with Gasteiger partial charge in [-0.25, -0.2) is 9.97 Å². The summed E-state index contributed by atoms with van der Waals surface area (Å²) in [5, 5.41) is 18.9. The van der Waals surface area contributed by atoms with Crippen molar-refractivity contribution in [3.05, 3.63) is 54.9 Å². The third-order valence-electron chi connectivity index (χ3n) is 4.25. The molecule has 0 bridgehead atoms. The fourth-order valence-electron chi connectivity index (χ4n) is 2.92. The van der Waals surface area contributed by atoms with Crippen LogP contribution in [0.1, 0.15) is 0 Å². The Morgan fingerprint density at radius 3 is 2.16 bits per heavy atom. The number of aromatic hydroxyl groups is 1. The summed E-state index contributed by atoms with van der Waals surface area (Å²) in [6.07, 6.45) is 3.50. The number of benzene rings is 1. The standard InChI is InChI=1S/C18H18N6O/c25-15-13-16(21-22-17(15)14-5-2-1-3-6-14)23-9-11-24(12-10-23)18-19-7-4-8-20-18/h1-8,13H,9-12H2,(H,21,25). The molecular weight excluding hydrogens is 316 g/mol. The Hall–Kier alpha value is -3.22. The van der Waals surface area contributed by atoms with Gasteiger partial charge < -0.3 is 14.9 Å². The van der Waals surface area contributed by atoms with Gasteiger partial charge in [0.15, 0.2) is 5.82 Å². The SMILES string of the molecule is Oc1cc(N2CCN(c3ncccn3)CC2)nnc1-c1ccccc1. The van der Waals surface area contributed by atoms with Gasteiger partial charge in [0.2, 0.25) is 5.95 Å². The van der Waals surface area contributed by atoms with E-state index in [1.54, 1.807) is 18.5 Å². The van der Waals surface area contributed by atoms with Crippen LogP contribution in [0.4, 0.5) is 11.8 Å². The van der Waals surface area contributed by atoms with Crippen LogP contribution in [0.3, 0.4) is 0 Å². The minimum absolute atomic E-state index is 0.144. The largest absolute Gasteiger partial charge is 0.505 e. The van der Waals surface area contributed by atoms with Gasteiger partial charge in [-0.05, 0) is 6.07 Å². The van der Waals surface area contributed by atoms with Gasteiger partial charge in [-0.1, -0.05) is 30.3 Å². The number of hydrogen-bond donors (Lipinski definition) is 1. The number of aromatic nitrogens is 4. The Bertz CT molecular complexity index is 835. The highest BCUT2D eigenvalue weighted by Gasteiger charge is 2.21. The van der Waals surface area contributed by atoms with E-state index in [9.17, 15) is 5.11 Å². The third kappa shape index (κ3) is 3.21. The van der Waals surface area contributed by atoms with Crippen molar-refractivity contribution in [2.45, 2.75) is 0 Å². The summed E-state index contributed by atoms with van der Waals surface area (Å²) in [6, 6.07) is 13.1. The maximum absolute atomic E-state index is 10.3. The topological polar surface area (TPSA) is 78.3 Å². The zero-order valence-corrected chi connectivity index (χ0v) is 13.7. The molecule has 2 aromatic heterocycles. The van der Waals surface area contributed by atoms with E-state index in [1.807, 2.05) is 36.4 Å². The molecule has 126 valence electrons. The Morgan fingerprint density at radius 1 is 0.800 bits per heavy atom. The summed E-state index contributed by atoms with van der Waals surface area (Å²) in [4.78, 5) is 12.8. The quantitative estimate of drug-likeness (QED) is 0.784. The number of piperazine rings is 1. The van der Waals surface area contributed by atoms with E-state index in [4.69, 9.17) is 0 Å². The lowest BCUT2D eigenvalue weighted by atomic mass is 10.1. The first kappa shape index (κ1) is 15.3. The van der Waals surface area contributed by atoms with Crippen LogP contribution in [0, 0.1) is 0 Å². The van der Waals surface area contributed by atoms with Crippen molar-refractivity contribution in [2.24, 2.45) is 0 Å². The van der Waals surface area contributed by atoms with Crippen LogP contribution in [0.2, 0.25) is 0 Å². The summed E-state index contributed by atoms with van der Waals surface area (Å²) in [5.74, 6) is 1.58. The van der Waals surface area contributed by atoms with Gasteiger partial charge in [-0.3, -0.25) is 0 Å². The average molecular weight is 334 g/mol. The molecule has 0 atom stereocenters. The molecule has 7 nitrogen and oxygen atoms in total. The van der Waals surface area contributed by atoms with Crippen LogP contribution in [-0.2, 0) is 0 Å². The molecule has 0 aliphatic carbocycles. The first-order valence-corrected chi connectivity index (χ1v) is 8.20. The number of rotatable bonds is 3. The van der Waals surface area contributed by atoms with E-state index < -0.39 is 0 Å². The Kier molecular flexibility index (Phi) is 4.12. The highest BCUT2D eigenvalue weighted by Crippen LogP contribution is 2.29. The lowest BCUT2D eigenvalue weighted by Gasteiger charge is -2.35. The molecule has 1 aliphatic heterocycles. The molecule has 3 aromatic rings. The molecule has 0 saturated carbocycles. The summed E-state index contributed by atoms with van der Waals surface area (Å²) >= 11 is 0. The predicted molar refractivity (Wildman–Crippen MR) is 95.6 cm³/mol. The van der Waals surface area contributed by atoms with Gasteiger partial charge in [0.1, 0.15) is 11.4 Å². The van der Waals surface area contributed by atoms with Gasteiger partial charge in [0.25, 0.3) is 0 Å². The molecule has 1 aromatic carbocycles. The highest BCUT2D eigenvalue weighted by molar-refractivity contribution is 5.67. The summed E-state index contributed by atoms with van der Waals surface area (Å²) < 4.78 is 0. The highest BCUT2D eigenvalue weighted by atomic mass is 16.3. The Labute approximate surface area is 145 Å². The zero-order chi connectivity index (χ0) is 17.1. The van der Waals surface area contributed by atoms with Crippen molar-refractivity contribution >= 4 is 11.8 Å². The zero-order valence-electron chi connectivity index (χ0n) is 13.7. The van der Waals surface area contributed by atoms with Crippen LogP contribution in [0.25, 0.3) is 11.3 Å². The van der Waals surface area contributed by atoms with E-state index in [-0.39, 0.29) is 5.75 Å². The van der Waals surface area contributed by atoms with Crippen LogP contribution in [-0.4, -0.2) is 51.5 Å². The fraction of sp³-hybridized carbons (Fsp3) is 0.222. The molecule has 1 saturated heterocycles. The summed E-state index contributed by atoms with van der Waals surface area (Å²) in [5.41, 5.74) is 1.35. The van der Waals surface area contributed by atoms with E-state index in [2.05, 4.69) is 30.0 Å². The van der Waals surface area contributed by atoms with Gasteiger partial charge in [0.05, 0.1) is 0 Å². The van der Waals surface area contributed by atoms with Crippen LogP contribution < -0.4 is 9.80 Å². The lowest BCUT2D eigenvalue weighted by Crippen LogP contribution is -2.47. The molecule has 1 N–H and O–H groups in total. The molecule has 4 rings (SSSR count).